The van der Waals surface area contributed by atoms with E-state index in [2.05, 4.69) is 15.6 Å². The van der Waals surface area contributed by atoms with Gasteiger partial charge in [-0.1, -0.05) is 42.5 Å². The third-order valence-electron chi connectivity index (χ3n) is 4.51. The normalized spacial score (nSPS) is 10.4. The number of hydrogen-bond donors (Lipinski definition) is 2. The van der Waals surface area contributed by atoms with Gasteiger partial charge in [-0.2, -0.15) is 0 Å². The molecule has 0 atom stereocenters. The Morgan fingerprint density at radius 1 is 0.800 bits per heavy atom. The van der Waals surface area contributed by atoms with Gasteiger partial charge in [0.25, 0.3) is 11.8 Å². The van der Waals surface area contributed by atoms with Gasteiger partial charge in [0, 0.05) is 23.7 Å². The Hall–Kier alpha value is -4.19. The highest BCUT2D eigenvalue weighted by atomic mass is 16.3. The van der Waals surface area contributed by atoms with E-state index in [0.29, 0.717) is 28.4 Å². The fourth-order valence-electron chi connectivity index (χ4n) is 2.99. The molecule has 0 spiro atoms. The average molecular weight is 397 g/mol. The molecule has 3 aromatic carbocycles. The van der Waals surface area contributed by atoms with Crippen molar-refractivity contribution in [3.8, 4) is 11.3 Å². The van der Waals surface area contributed by atoms with Crippen molar-refractivity contribution in [1.82, 2.24) is 4.98 Å². The highest BCUT2D eigenvalue weighted by Gasteiger charge is 2.14. The average Bonchev–Trinajstić information content (AvgIpc) is 3.21. The monoisotopic (exact) mass is 397 g/mol. The van der Waals surface area contributed by atoms with Gasteiger partial charge < -0.3 is 15.1 Å². The first-order chi connectivity index (χ1) is 14.6. The molecule has 0 fully saturated rings. The van der Waals surface area contributed by atoms with Crippen molar-refractivity contribution in [3.63, 3.8) is 0 Å². The highest BCUT2D eigenvalue weighted by molar-refractivity contribution is 6.12. The van der Waals surface area contributed by atoms with E-state index in [1.165, 1.54) is 0 Å². The van der Waals surface area contributed by atoms with Crippen molar-refractivity contribution in [1.29, 1.82) is 0 Å². The number of amides is 2. The molecule has 0 radical (unpaired) electrons. The predicted octanol–water partition coefficient (Wildman–Crippen LogP) is 5.15. The van der Waals surface area contributed by atoms with Crippen LogP contribution in [-0.2, 0) is 0 Å². The summed E-state index contributed by atoms with van der Waals surface area (Å²) in [6, 6.07) is 23.1. The van der Waals surface area contributed by atoms with Crippen LogP contribution in [0.4, 0.5) is 11.4 Å². The van der Waals surface area contributed by atoms with Crippen molar-refractivity contribution < 1.29 is 14.0 Å². The number of nitrogens with one attached hydrogen (secondary N) is 2. The maximum Gasteiger partial charge on any atom is 0.257 e. The number of carbonyl (C=O) groups excluding carboxylic acids is 2. The molecule has 1 heterocycles. The first kappa shape index (κ1) is 19.1. The number of anilines is 2. The lowest BCUT2D eigenvalue weighted by molar-refractivity contribution is 0.102. The van der Waals surface area contributed by atoms with Crippen molar-refractivity contribution in [2.75, 3.05) is 10.6 Å². The van der Waals surface area contributed by atoms with Crippen molar-refractivity contribution in [3.05, 3.63) is 102 Å². The van der Waals surface area contributed by atoms with E-state index >= 15 is 0 Å². The summed E-state index contributed by atoms with van der Waals surface area (Å²) >= 11 is 0. The number of oxazole rings is 1. The van der Waals surface area contributed by atoms with E-state index in [-0.39, 0.29) is 11.8 Å². The Morgan fingerprint density at radius 2 is 1.50 bits per heavy atom. The van der Waals surface area contributed by atoms with Gasteiger partial charge in [0.1, 0.15) is 12.0 Å². The van der Waals surface area contributed by atoms with Crippen LogP contribution in [0.25, 0.3) is 11.3 Å². The molecule has 0 unspecified atom stereocenters. The second-order valence-electron chi connectivity index (χ2n) is 6.65. The summed E-state index contributed by atoms with van der Waals surface area (Å²) in [4.78, 5) is 29.6. The molecule has 4 rings (SSSR count). The van der Waals surface area contributed by atoms with Crippen molar-refractivity contribution in [2.45, 2.75) is 6.92 Å². The number of aryl methyl sites for hydroxylation is 1. The topological polar surface area (TPSA) is 84.2 Å². The highest BCUT2D eigenvalue weighted by Crippen LogP contribution is 2.22. The van der Waals surface area contributed by atoms with Gasteiger partial charge in [0.05, 0.1) is 11.3 Å². The summed E-state index contributed by atoms with van der Waals surface area (Å²) in [6.45, 7) is 1.78. The van der Waals surface area contributed by atoms with Crippen LogP contribution in [0.5, 0.6) is 0 Å². The Morgan fingerprint density at radius 3 is 2.20 bits per heavy atom. The van der Waals surface area contributed by atoms with Crippen molar-refractivity contribution >= 4 is 23.2 Å². The first-order valence-electron chi connectivity index (χ1n) is 9.39. The minimum atomic E-state index is -0.316. The zero-order valence-corrected chi connectivity index (χ0v) is 16.3. The number of hydrogen-bond acceptors (Lipinski definition) is 4. The van der Waals surface area contributed by atoms with Crippen LogP contribution in [0.15, 0.2) is 89.5 Å². The molecule has 0 aliphatic rings. The summed E-state index contributed by atoms with van der Waals surface area (Å²) in [7, 11) is 0. The summed E-state index contributed by atoms with van der Waals surface area (Å²) in [5.74, 6) is 0.00337. The van der Waals surface area contributed by atoms with Gasteiger partial charge in [0.15, 0.2) is 5.89 Å². The summed E-state index contributed by atoms with van der Waals surface area (Å²) < 4.78 is 5.23. The first-order valence-corrected chi connectivity index (χ1v) is 9.39. The van der Waals surface area contributed by atoms with Crippen LogP contribution < -0.4 is 10.6 Å². The van der Waals surface area contributed by atoms with Crippen LogP contribution in [0.3, 0.4) is 0 Å². The number of rotatable bonds is 5. The van der Waals surface area contributed by atoms with Gasteiger partial charge in [-0.15, -0.1) is 0 Å². The number of para-hydroxylation sites is 1. The largest absolute Gasteiger partial charge is 0.449 e. The Kier molecular flexibility index (Phi) is 5.39. The summed E-state index contributed by atoms with van der Waals surface area (Å²) in [5, 5.41) is 5.67. The quantitative estimate of drug-likeness (QED) is 0.487. The van der Waals surface area contributed by atoms with Crippen LogP contribution in [0.1, 0.15) is 26.6 Å². The maximum atomic E-state index is 12.8. The molecule has 6 heteroatoms. The molecular formula is C24H19N3O3. The molecule has 6 nitrogen and oxygen atoms in total. The lowest BCUT2D eigenvalue weighted by atomic mass is 10.1. The van der Waals surface area contributed by atoms with Crippen LogP contribution in [-0.4, -0.2) is 16.8 Å². The SMILES string of the molecule is Cc1nc(-c2ccc(NC(=O)c3ccccc3NC(=O)c3ccccc3)cc2)co1. The van der Waals surface area contributed by atoms with Crippen LogP contribution >= 0.6 is 0 Å². The van der Waals surface area contributed by atoms with E-state index < -0.39 is 0 Å². The zero-order valence-electron chi connectivity index (χ0n) is 16.3. The van der Waals surface area contributed by atoms with Crippen LogP contribution in [0, 0.1) is 6.92 Å². The van der Waals surface area contributed by atoms with Crippen molar-refractivity contribution in [2.24, 2.45) is 0 Å². The lowest BCUT2D eigenvalue weighted by Crippen LogP contribution is -2.18. The summed E-state index contributed by atoms with van der Waals surface area (Å²) in [5.41, 5.74) is 3.59. The minimum Gasteiger partial charge on any atom is -0.449 e. The lowest BCUT2D eigenvalue weighted by Gasteiger charge is -2.12. The van der Waals surface area contributed by atoms with Gasteiger partial charge in [-0.3, -0.25) is 9.59 Å². The van der Waals surface area contributed by atoms with E-state index in [9.17, 15) is 9.59 Å². The second kappa shape index (κ2) is 8.45. The van der Waals surface area contributed by atoms with Gasteiger partial charge >= 0.3 is 0 Å². The standard InChI is InChI=1S/C24H19N3O3/c1-16-25-22(15-30-16)17-11-13-19(14-12-17)26-24(29)20-9-5-6-10-21(20)27-23(28)18-7-3-2-4-8-18/h2-15H,1H3,(H,26,29)(H,27,28). The van der Waals surface area contributed by atoms with Gasteiger partial charge in [-0.05, 0) is 36.4 Å². The van der Waals surface area contributed by atoms with Gasteiger partial charge in [0.2, 0.25) is 0 Å². The minimum absolute atomic E-state index is 0.275. The van der Waals surface area contributed by atoms with E-state index in [1.54, 1.807) is 73.9 Å². The molecule has 0 saturated heterocycles. The fraction of sp³-hybridized carbons (Fsp3) is 0.0417. The second-order valence-corrected chi connectivity index (χ2v) is 6.65. The summed E-state index contributed by atoms with van der Waals surface area (Å²) in [6.07, 6.45) is 1.59. The molecular weight excluding hydrogens is 378 g/mol. The number of carbonyl (C=O) groups is 2. The molecule has 30 heavy (non-hydrogen) atoms. The Bertz CT molecular complexity index is 1180. The zero-order chi connectivity index (χ0) is 20.9. The molecule has 2 amide bonds. The maximum absolute atomic E-state index is 12.8. The molecule has 0 saturated carbocycles. The third-order valence-corrected chi connectivity index (χ3v) is 4.51. The number of aromatic nitrogens is 1. The van der Waals surface area contributed by atoms with E-state index in [0.717, 1.165) is 11.3 Å². The molecule has 0 aliphatic carbocycles. The molecule has 2 N–H and O–H groups in total. The molecule has 4 aromatic rings. The number of nitrogens with zero attached hydrogens (tertiary/aromatic N) is 1. The fourth-order valence-corrected chi connectivity index (χ4v) is 2.99. The third kappa shape index (κ3) is 4.28. The number of benzene rings is 3. The Labute approximate surface area is 173 Å². The Balaban J connectivity index is 1.49. The van der Waals surface area contributed by atoms with E-state index in [4.69, 9.17) is 4.42 Å². The van der Waals surface area contributed by atoms with Gasteiger partial charge in [-0.25, -0.2) is 4.98 Å². The molecule has 0 aliphatic heterocycles. The smallest absolute Gasteiger partial charge is 0.257 e. The molecule has 148 valence electrons. The van der Waals surface area contributed by atoms with E-state index in [1.807, 2.05) is 18.2 Å². The molecule has 0 bridgehead atoms. The molecule has 1 aromatic heterocycles. The predicted molar refractivity (Wildman–Crippen MR) is 115 cm³/mol. The van der Waals surface area contributed by atoms with Crippen LogP contribution in [0.2, 0.25) is 0 Å².